The zero-order valence-electron chi connectivity index (χ0n) is 11.6. The number of rotatable bonds is 5. The minimum absolute atomic E-state index is 0.172. The first-order chi connectivity index (χ1) is 7.76. The molecule has 1 aliphatic heterocycles. The molecule has 3 nitrogen and oxygen atoms in total. The zero-order valence-corrected chi connectivity index (χ0v) is 12.4. The second-order valence-electron chi connectivity index (χ2n) is 6.34. The van der Waals surface area contributed by atoms with Gasteiger partial charge in [-0.05, 0) is 43.2 Å². The summed E-state index contributed by atoms with van der Waals surface area (Å²) in [6, 6.07) is 0. The first kappa shape index (κ1) is 15.0. The second-order valence-corrected chi connectivity index (χ2v) is 8.57. The Hall–Kier alpha value is -0.0900. The highest BCUT2D eigenvalue weighted by molar-refractivity contribution is 7.91. The predicted octanol–water partition coefficient (Wildman–Crippen LogP) is 2.08. The quantitative estimate of drug-likeness (QED) is 0.771. The fourth-order valence-corrected chi connectivity index (χ4v) is 4.64. The maximum absolute atomic E-state index is 11.6. The summed E-state index contributed by atoms with van der Waals surface area (Å²) in [5, 5.41) is 3.45. The smallest absolute Gasteiger partial charge is 0.150 e. The molecular formula is C13H27NO2S. The van der Waals surface area contributed by atoms with E-state index in [9.17, 15) is 8.42 Å². The molecule has 0 saturated carbocycles. The molecule has 102 valence electrons. The van der Waals surface area contributed by atoms with E-state index in [4.69, 9.17) is 0 Å². The van der Waals surface area contributed by atoms with E-state index in [1.54, 1.807) is 0 Å². The Bertz CT molecular complexity index is 330. The molecule has 0 radical (unpaired) electrons. The van der Waals surface area contributed by atoms with Crippen LogP contribution in [0.1, 0.15) is 40.5 Å². The van der Waals surface area contributed by atoms with Crippen LogP contribution in [0, 0.1) is 17.3 Å². The van der Waals surface area contributed by atoms with E-state index >= 15 is 0 Å². The Morgan fingerprint density at radius 2 is 2.00 bits per heavy atom. The van der Waals surface area contributed by atoms with Crippen LogP contribution in [0.3, 0.4) is 0 Å². The number of sulfone groups is 1. The van der Waals surface area contributed by atoms with Crippen molar-refractivity contribution < 1.29 is 8.42 Å². The third kappa shape index (κ3) is 4.59. The molecule has 1 saturated heterocycles. The van der Waals surface area contributed by atoms with Gasteiger partial charge in [0.1, 0.15) is 0 Å². The van der Waals surface area contributed by atoms with Gasteiger partial charge in [0.25, 0.3) is 0 Å². The number of hydrogen-bond donors (Lipinski definition) is 1. The molecule has 4 heteroatoms. The maximum Gasteiger partial charge on any atom is 0.150 e. The first-order valence-electron chi connectivity index (χ1n) is 6.67. The molecule has 17 heavy (non-hydrogen) atoms. The Morgan fingerprint density at radius 1 is 1.35 bits per heavy atom. The summed E-state index contributed by atoms with van der Waals surface area (Å²) in [7, 11) is -2.76. The lowest BCUT2D eigenvalue weighted by Gasteiger charge is -2.35. The van der Waals surface area contributed by atoms with Gasteiger partial charge < -0.3 is 5.32 Å². The highest BCUT2D eigenvalue weighted by Crippen LogP contribution is 2.37. The molecule has 2 unspecified atom stereocenters. The number of nitrogens with one attached hydrogen (secondary N) is 1. The van der Waals surface area contributed by atoms with Gasteiger partial charge in [-0.1, -0.05) is 27.7 Å². The maximum atomic E-state index is 11.6. The average Bonchev–Trinajstić information content (AvgIpc) is 2.51. The van der Waals surface area contributed by atoms with Gasteiger partial charge in [-0.15, -0.1) is 0 Å². The Kier molecular flexibility index (Phi) is 5.02. The van der Waals surface area contributed by atoms with Crippen LogP contribution in [0.15, 0.2) is 0 Å². The van der Waals surface area contributed by atoms with E-state index in [1.807, 2.05) is 0 Å². The van der Waals surface area contributed by atoms with Gasteiger partial charge in [0.2, 0.25) is 0 Å². The van der Waals surface area contributed by atoms with E-state index in [0.29, 0.717) is 23.3 Å². The highest BCUT2D eigenvalue weighted by atomic mass is 32.2. The third-order valence-corrected chi connectivity index (χ3v) is 5.53. The number of hydrogen-bond acceptors (Lipinski definition) is 3. The van der Waals surface area contributed by atoms with Crippen LogP contribution in [-0.2, 0) is 9.84 Å². The minimum Gasteiger partial charge on any atom is -0.316 e. The van der Waals surface area contributed by atoms with Crippen molar-refractivity contribution in [2.24, 2.45) is 17.3 Å². The van der Waals surface area contributed by atoms with Crippen LogP contribution in [-0.4, -0.2) is 33.0 Å². The summed E-state index contributed by atoms with van der Waals surface area (Å²) in [4.78, 5) is 0. The summed E-state index contributed by atoms with van der Waals surface area (Å²) < 4.78 is 23.2. The van der Waals surface area contributed by atoms with Crippen LogP contribution in [0.2, 0.25) is 0 Å². The molecule has 0 amide bonds. The van der Waals surface area contributed by atoms with E-state index in [0.717, 1.165) is 25.9 Å². The van der Waals surface area contributed by atoms with Crippen LogP contribution in [0.5, 0.6) is 0 Å². The molecule has 0 aromatic rings. The van der Waals surface area contributed by atoms with E-state index in [1.165, 1.54) is 0 Å². The summed E-state index contributed by atoms with van der Waals surface area (Å²) in [6.45, 7) is 10.8. The summed E-state index contributed by atoms with van der Waals surface area (Å²) in [5.74, 6) is 1.57. The summed E-state index contributed by atoms with van der Waals surface area (Å²) >= 11 is 0. The molecule has 0 spiro atoms. The minimum atomic E-state index is -2.76. The molecule has 1 heterocycles. The van der Waals surface area contributed by atoms with Gasteiger partial charge in [0.15, 0.2) is 9.84 Å². The monoisotopic (exact) mass is 261 g/mol. The lowest BCUT2D eigenvalue weighted by molar-refractivity contribution is 0.167. The van der Waals surface area contributed by atoms with Crippen molar-refractivity contribution in [1.82, 2.24) is 5.32 Å². The fraction of sp³-hybridized carbons (Fsp3) is 1.00. The molecule has 0 aliphatic carbocycles. The second kappa shape index (κ2) is 5.70. The van der Waals surface area contributed by atoms with Crippen molar-refractivity contribution in [3.63, 3.8) is 0 Å². The Balaban J connectivity index is 2.64. The third-order valence-electron chi connectivity index (χ3n) is 3.74. The molecule has 1 N–H and O–H groups in total. The van der Waals surface area contributed by atoms with Gasteiger partial charge in [0, 0.05) is 0 Å². The average molecular weight is 261 g/mol. The zero-order chi connectivity index (χ0) is 13.1. The lowest BCUT2D eigenvalue weighted by Crippen LogP contribution is -2.38. The molecule has 0 bridgehead atoms. The predicted molar refractivity (Wildman–Crippen MR) is 72.9 cm³/mol. The first-order valence-corrected chi connectivity index (χ1v) is 8.49. The van der Waals surface area contributed by atoms with Crippen molar-refractivity contribution in [2.75, 3.05) is 24.6 Å². The fourth-order valence-electron chi connectivity index (χ4n) is 2.76. The molecule has 0 aromatic heterocycles. The van der Waals surface area contributed by atoms with Gasteiger partial charge >= 0.3 is 0 Å². The van der Waals surface area contributed by atoms with Crippen molar-refractivity contribution in [1.29, 1.82) is 0 Å². The molecule has 2 atom stereocenters. The summed E-state index contributed by atoms with van der Waals surface area (Å²) in [6.07, 6.45) is 1.97. The van der Waals surface area contributed by atoms with E-state index < -0.39 is 9.84 Å². The van der Waals surface area contributed by atoms with Crippen molar-refractivity contribution >= 4 is 9.84 Å². The Morgan fingerprint density at radius 3 is 2.41 bits per heavy atom. The van der Waals surface area contributed by atoms with Gasteiger partial charge in [0.05, 0.1) is 11.5 Å². The molecule has 1 fully saturated rings. The highest BCUT2D eigenvalue weighted by Gasteiger charge is 2.38. The normalized spacial score (nSPS) is 26.0. The Labute approximate surface area is 106 Å². The molecule has 0 aromatic carbocycles. The summed E-state index contributed by atoms with van der Waals surface area (Å²) in [5.41, 5.74) is 0.172. The molecular weight excluding hydrogens is 234 g/mol. The van der Waals surface area contributed by atoms with Gasteiger partial charge in [-0.25, -0.2) is 8.42 Å². The lowest BCUT2D eigenvalue weighted by atomic mass is 9.73. The van der Waals surface area contributed by atoms with Gasteiger partial charge in [-0.2, -0.15) is 0 Å². The standard InChI is InChI=1S/C13H27NO2S/c1-5-7-14-9-12(13(2,3)4)11-6-8-17(15,16)10-11/h11-12,14H,5-10H2,1-4H3. The topological polar surface area (TPSA) is 46.2 Å². The molecule has 1 aliphatic rings. The molecule has 1 rings (SSSR count). The van der Waals surface area contributed by atoms with Gasteiger partial charge in [-0.3, -0.25) is 0 Å². The van der Waals surface area contributed by atoms with Crippen LogP contribution in [0.25, 0.3) is 0 Å². The van der Waals surface area contributed by atoms with Crippen LogP contribution in [0.4, 0.5) is 0 Å². The van der Waals surface area contributed by atoms with Crippen molar-refractivity contribution in [3.8, 4) is 0 Å². The van der Waals surface area contributed by atoms with Crippen LogP contribution >= 0.6 is 0 Å². The van der Waals surface area contributed by atoms with E-state index in [-0.39, 0.29) is 5.41 Å². The van der Waals surface area contributed by atoms with Crippen molar-refractivity contribution in [3.05, 3.63) is 0 Å². The van der Waals surface area contributed by atoms with Crippen molar-refractivity contribution in [2.45, 2.75) is 40.5 Å². The SMILES string of the molecule is CCCNCC(C1CCS(=O)(=O)C1)C(C)(C)C. The van der Waals surface area contributed by atoms with E-state index in [2.05, 4.69) is 33.0 Å². The largest absolute Gasteiger partial charge is 0.316 e. The van der Waals surface area contributed by atoms with Crippen LogP contribution < -0.4 is 5.32 Å².